The minimum absolute atomic E-state index is 0.0447. The van der Waals surface area contributed by atoms with Gasteiger partial charge in [-0.1, -0.05) is 66.7 Å². The van der Waals surface area contributed by atoms with E-state index in [1.54, 1.807) is 4.90 Å². The third kappa shape index (κ3) is 4.58. The Morgan fingerprint density at radius 1 is 1.00 bits per heavy atom. The van der Waals surface area contributed by atoms with Crippen molar-refractivity contribution >= 4 is 34.2 Å². The van der Waals surface area contributed by atoms with Gasteiger partial charge >= 0.3 is 0 Å². The molecule has 0 saturated carbocycles. The van der Waals surface area contributed by atoms with Crippen LogP contribution < -0.4 is 10.6 Å². The maximum Gasteiger partial charge on any atom is 0.243 e. The highest BCUT2D eigenvalue weighted by atomic mass is 16.2. The van der Waals surface area contributed by atoms with Crippen LogP contribution in [0.3, 0.4) is 0 Å². The van der Waals surface area contributed by atoms with Gasteiger partial charge in [-0.25, -0.2) is 0 Å². The van der Waals surface area contributed by atoms with Crippen molar-refractivity contribution in [1.82, 2.24) is 10.2 Å². The lowest BCUT2D eigenvalue weighted by Gasteiger charge is -2.25. The van der Waals surface area contributed by atoms with Gasteiger partial charge in [-0.2, -0.15) is 0 Å². The first-order chi connectivity index (χ1) is 15.0. The van der Waals surface area contributed by atoms with Crippen molar-refractivity contribution in [2.24, 2.45) is 5.92 Å². The summed E-state index contributed by atoms with van der Waals surface area (Å²) in [6.07, 6.45) is 0.161. The zero-order chi connectivity index (χ0) is 21.8. The van der Waals surface area contributed by atoms with Crippen LogP contribution in [0.1, 0.15) is 24.9 Å². The normalized spacial score (nSPS) is 16.9. The number of amides is 3. The summed E-state index contributed by atoms with van der Waals surface area (Å²) in [7, 11) is 0. The molecule has 0 aliphatic carbocycles. The number of likely N-dealkylation sites (tertiary alicyclic amines) is 1. The lowest BCUT2D eigenvalue weighted by molar-refractivity contribution is -0.130. The van der Waals surface area contributed by atoms with Crippen LogP contribution in [0, 0.1) is 5.92 Å². The van der Waals surface area contributed by atoms with Crippen molar-refractivity contribution < 1.29 is 14.4 Å². The fourth-order valence-electron chi connectivity index (χ4n) is 4.03. The van der Waals surface area contributed by atoms with Gasteiger partial charge in [0.2, 0.25) is 17.7 Å². The van der Waals surface area contributed by atoms with Crippen LogP contribution in [0.2, 0.25) is 0 Å². The lowest BCUT2D eigenvalue weighted by Crippen LogP contribution is -2.38. The molecule has 4 rings (SSSR count). The van der Waals surface area contributed by atoms with E-state index in [9.17, 15) is 14.4 Å². The predicted molar refractivity (Wildman–Crippen MR) is 120 cm³/mol. The van der Waals surface area contributed by atoms with Crippen molar-refractivity contribution in [1.29, 1.82) is 0 Å². The van der Waals surface area contributed by atoms with Gasteiger partial charge in [0.1, 0.15) is 0 Å². The van der Waals surface area contributed by atoms with E-state index in [0.29, 0.717) is 12.2 Å². The van der Waals surface area contributed by atoms with Gasteiger partial charge in [-0.15, -0.1) is 0 Å². The van der Waals surface area contributed by atoms with E-state index in [0.717, 1.165) is 16.3 Å². The predicted octanol–water partition coefficient (Wildman–Crippen LogP) is 3.50. The Morgan fingerprint density at radius 3 is 2.52 bits per heavy atom. The number of rotatable bonds is 6. The molecule has 1 aliphatic rings. The number of hydrogen-bond acceptors (Lipinski definition) is 3. The van der Waals surface area contributed by atoms with E-state index >= 15 is 0 Å². The minimum Gasteiger partial charge on any atom is -0.347 e. The van der Waals surface area contributed by atoms with Crippen molar-refractivity contribution in [2.75, 3.05) is 18.4 Å². The number of fused-ring (bicyclic) bond motifs is 1. The highest BCUT2D eigenvalue weighted by Gasteiger charge is 2.37. The lowest BCUT2D eigenvalue weighted by atomic mass is 10.1. The van der Waals surface area contributed by atoms with E-state index in [4.69, 9.17) is 0 Å². The molecule has 3 amide bonds. The summed E-state index contributed by atoms with van der Waals surface area (Å²) in [5, 5.41) is 7.51. The van der Waals surface area contributed by atoms with E-state index in [1.165, 1.54) is 0 Å². The van der Waals surface area contributed by atoms with E-state index in [1.807, 2.05) is 79.7 Å². The van der Waals surface area contributed by atoms with Crippen molar-refractivity contribution in [3.8, 4) is 0 Å². The smallest absolute Gasteiger partial charge is 0.243 e. The molecular formula is C25H25N3O3. The highest BCUT2D eigenvalue weighted by molar-refractivity contribution is 6.03. The molecule has 0 radical (unpaired) electrons. The standard InChI is InChI=1S/C25H25N3O3/c1-17(18-8-3-2-4-9-18)28-16-20(14-24(28)30)25(31)26-15-23(29)27-22-13-7-11-19-10-5-6-12-21(19)22/h2-13,17,20H,14-16H2,1H3,(H,26,31)(H,27,29). The molecule has 31 heavy (non-hydrogen) atoms. The molecule has 2 unspecified atom stereocenters. The maximum absolute atomic E-state index is 12.6. The average molecular weight is 415 g/mol. The number of nitrogens with one attached hydrogen (secondary N) is 2. The summed E-state index contributed by atoms with van der Waals surface area (Å²) >= 11 is 0. The average Bonchev–Trinajstić information content (AvgIpc) is 3.19. The molecule has 6 nitrogen and oxygen atoms in total. The SMILES string of the molecule is CC(c1ccccc1)N1CC(C(=O)NCC(=O)Nc2cccc3ccccc23)CC1=O. The van der Waals surface area contributed by atoms with Crippen LogP contribution >= 0.6 is 0 Å². The summed E-state index contributed by atoms with van der Waals surface area (Å²) in [6.45, 7) is 2.18. The number of benzene rings is 3. The van der Waals surface area contributed by atoms with E-state index < -0.39 is 5.92 Å². The zero-order valence-electron chi connectivity index (χ0n) is 17.4. The third-order valence-corrected chi connectivity index (χ3v) is 5.77. The molecule has 3 aromatic carbocycles. The molecule has 2 atom stereocenters. The number of anilines is 1. The highest BCUT2D eigenvalue weighted by Crippen LogP contribution is 2.28. The topological polar surface area (TPSA) is 78.5 Å². The van der Waals surface area contributed by atoms with Crippen LogP contribution in [-0.4, -0.2) is 35.7 Å². The number of hydrogen-bond donors (Lipinski definition) is 2. The van der Waals surface area contributed by atoms with E-state index in [-0.39, 0.29) is 36.7 Å². The molecular weight excluding hydrogens is 390 g/mol. The first-order valence-corrected chi connectivity index (χ1v) is 10.4. The van der Waals surface area contributed by atoms with Gasteiger partial charge in [-0.05, 0) is 23.9 Å². The Bertz CT molecular complexity index is 1110. The second-order valence-electron chi connectivity index (χ2n) is 7.83. The van der Waals surface area contributed by atoms with Crippen LogP contribution in [-0.2, 0) is 14.4 Å². The van der Waals surface area contributed by atoms with Gasteiger partial charge in [0.05, 0.1) is 18.5 Å². The first-order valence-electron chi connectivity index (χ1n) is 10.4. The Labute approximate surface area is 181 Å². The molecule has 6 heteroatoms. The maximum atomic E-state index is 12.6. The minimum atomic E-state index is -0.455. The molecule has 0 spiro atoms. The van der Waals surface area contributed by atoms with Crippen LogP contribution in [0.5, 0.6) is 0 Å². The van der Waals surface area contributed by atoms with Crippen molar-refractivity contribution in [3.05, 3.63) is 78.4 Å². The molecule has 1 heterocycles. The zero-order valence-corrected chi connectivity index (χ0v) is 17.4. The largest absolute Gasteiger partial charge is 0.347 e. The molecule has 0 bridgehead atoms. The Hall–Kier alpha value is -3.67. The summed E-state index contributed by atoms with van der Waals surface area (Å²) < 4.78 is 0. The molecule has 3 aromatic rings. The summed E-state index contributed by atoms with van der Waals surface area (Å²) in [5.74, 6) is -1.08. The fourth-order valence-corrected chi connectivity index (χ4v) is 4.03. The number of carbonyl (C=O) groups excluding carboxylic acids is 3. The van der Waals surface area contributed by atoms with Crippen LogP contribution in [0.25, 0.3) is 10.8 Å². The van der Waals surface area contributed by atoms with Crippen LogP contribution in [0.15, 0.2) is 72.8 Å². The van der Waals surface area contributed by atoms with Crippen LogP contribution in [0.4, 0.5) is 5.69 Å². The van der Waals surface area contributed by atoms with Gasteiger partial charge in [0, 0.05) is 24.0 Å². The first kappa shape index (κ1) is 20.6. The summed E-state index contributed by atoms with van der Waals surface area (Å²) in [4.78, 5) is 39.2. The van der Waals surface area contributed by atoms with Gasteiger partial charge in [0.25, 0.3) is 0 Å². The third-order valence-electron chi connectivity index (χ3n) is 5.77. The van der Waals surface area contributed by atoms with Crippen molar-refractivity contribution in [2.45, 2.75) is 19.4 Å². The quantitative estimate of drug-likeness (QED) is 0.647. The van der Waals surface area contributed by atoms with Gasteiger partial charge < -0.3 is 15.5 Å². The monoisotopic (exact) mass is 415 g/mol. The molecule has 2 N–H and O–H groups in total. The fraction of sp³-hybridized carbons (Fsp3) is 0.240. The molecule has 1 aliphatic heterocycles. The van der Waals surface area contributed by atoms with E-state index in [2.05, 4.69) is 10.6 Å². The number of nitrogens with zero attached hydrogens (tertiary/aromatic N) is 1. The summed E-state index contributed by atoms with van der Waals surface area (Å²) in [6, 6.07) is 23.1. The number of carbonyl (C=O) groups is 3. The molecule has 158 valence electrons. The second kappa shape index (κ2) is 9.00. The summed E-state index contributed by atoms with van der Waals surface area (Å²) in [5.41, 5.74) is 1.74. The molecule has 1 saturated heterocycles. The van der Waals surface area contributed by atoms with Crippen molar-refractivity contribution in [3.63, 3.8) is 0 Å². The Balaban J connectivity index is 1.32. The molecule has 1 fully saturated rings. The van der Waals surface area contributed by atoms with Gasteiger partial charge in [0.15, 0.2) is 0 Å². The Morgan fingerprint density at radius 2 is 1.71 bits per heavy atom. The molecule has 0 aromatic heterocycles. The van der Waals surface area contributed by atoms with Gasteiger partial charge in [-0.3, -0.25) is 14.4 Å². The second-order valence-corrected chi connectivity index (χ2v) is 7.83. The Kier molecular flexibility index (Phi) is 5.98.